The van der Waals surface area contributed by atoms with Crippen LogP contribution in [0.3, 0.4) is 0 Å². The number of aromatic nitrogens is 1. The van der Waals surface area contributed by atoms with Crippen LogP contribution in [0.5, 0.6) is 5.75 Å². The first-order valence-electron chi connectivity index (χ1n) is 9.65. The van der Waals surface area contributed by atoms with Crippen LogP contribution in [-0.2, 0) is 4.79 Å². The van der Waals surface area contributed by atoms with Crippen molar-refractivity contribution in [2.75, 3.05) is 49.5 Å². The van der Waals surface area contributed by atoms with E-state index in [-0.39, 0.29) is 5.91 Å². The molecule has 144 valence electrons. The third-order valence-electron chi connectivity index (χ3n) is 4.74. The van der Waals surface area contributed by atoms with Gasteiger partial charge in [0.2, 0.25) is 5.91 Å². The molecular formula is C21H28N4O2. The maximum Gasteiger partial charge on any atom is 0.224 e. The molecule has 0 unspecified atom stereocenters. The summed E-state index contributed by atoms with van der Waals surface area (Å²) in [4.78, 5) is 21.3. The third kappa shape index (κ3) is 5.96. The van der Waals surface area contributed by atoms with Crippen molar-refractivity contribution in [3.63, 3.8) is 0 Å². The molecule has 1 aliphatic rings. The van der Waals surface area contributed by atoms with Crippen molar-refractivity contribution in [1.82, 2.24) is 9.88 Å². The number of ether oxygens (including phenoxy) is 1. The van der Waals surface area contributed by atoms with E-state index in [4.69, 9.17) is 4.74 Å². The second-order valence-electron chi connectivity index (χ2n) is 6.64. The van der Waals surface area contributed by atoms with E-state index < -0.39 is 0 Å². The van der Waals surface area contributed by atoms with Crippen molar-refractivity contribution < 1.29 is 9.53 Å². The molecule has 2 aromatic rings. The van der Waals surface area contributed by atoms with Crippen LogP contribution in [0.15, 0.2) is 48.7 Å². The predicted molar refractivity (Wildman–Crippen MR) is 108 cm³/mol. The topological polar surface area (TPSA) is 57.7 Å². The summed E-state index contributed by atoms with van der Waals surface area (Å²) >= 11 is 0. The third-order valence-corrected chi connectivity index (χ3v) is 4.74. The van der Waals surface area contributed by atoms with E-state index in [2.05, 4.69) is 27.0 Å². The first-order chi connectivity index (χ1) is 13.2. The lowest BCUT2D eigenvalue weighted by Crippen LogP contribution is -2.46. The summed E-state index contributed by atoms with van der Waals surface area (Å²) in [6.45, 7) is 7.95. The van der Waals surface area contributed by atoms with Gasteiger partial charge in [-0.1, -0.05) is 25.1 Å². The van der Waals surface area contributed by atoms with E-state index in [0.717, 1.165) is 50.0 Å². The number of hydrogen-bond acceptors (Lipinski definition) is 5. The lowest BCUT2D eigenvalue weighted by atomic mass is 10.3. The lowest BCUT2D eigenvalue weighted by Gasteiger charge is -2.34. The maximum absolute atomic E-state index is 12.1. The summed E-state index contributed by atoms with van der Waals surface area (Å²) in [5, 5.41) is 2.90. The van der Waals surface area contributed by atoms with Crippen molar-refractivity contribution in [3.8, 4) is 5.75 Å². The highest BCUT2D eigenvalue weighted by Gasteiger charge is 2.16. The Morgan fingerprint density at radius 2 is 1.89 bits per heavy atom. The number of carbonyl (C=O) groups excluding carboxylic acids is 1. The zero-order valence-corrected chi connectivity index (χ0v) is 15.9. The summed E-state index contributed by atoms with van der Waals surface area (Å²) in [5.74, 6) is 1.79. The summed E-state index contributed by atoms with van der Waals surface area (Å²) < 4.78 is 5.60. The molecule has 1 aromatic carbocycles. The number of piperazine rings is 1. The highest BCUT2D eigenvalue weighted by atomic mass is 16.5. The zero-order valence-electron chi connectivity index (χ0n) is 15.9. The highest BCUT2D eigenvalue weighted by molar-refractivity contribution is 5.90. The van der Waals surface area contributed by atoms with Crippen molar-refractivity contribution in [1.29, 1.82) is 0 Å². The Labute approximate surface area is 161 Å². The minimum Gasteiger partial charge on any atom is -0.494 e. The van der Waals surface area contributed by atoms with Crippen LogP contribution in [0, 0.1) is 0 Å². The van der Waals surface area contributed by atoms with E-state index in [1.165, 1.54) is 0 Å². The van der Waals surface area contributed by atoms with Gasteiger partial charge in [0, 0.05) is 32.6 Å². The molecule has 0 aliphatic carbocycles. The van der Waals surface area contributed by atoms with Crippen molar-refractivity contribution >= 4 is 17.4 Å². The molecule has 2 heterocycles. The van der Waals surface area contributed by atoms with Gasteiger partial charge in [0.05, 0.1) is 18.5 Å². The van der Waals surface area contributed by atoms with E-state index in [1.54, 1.807) is 6.20 Å². The van der Waals surface area contributed by atoms with E-state index in [9.17, 15) is 4.79 Å². The summed E-state index contributed by atoms with van der Waals surface area (Å²) in [6.07, 6.45) is 2.83. The largest absolute Gasteiger partial charge is 0.494 e. The number of hydrogen-bond donors (Lipinski definition) is 1. The van der Waals surface area contributed by atoms with Crippen molar-refractivity contribution in [2.45, 2.75) is 19.8 Å². The Kier molecular flexibility index (Phi) is 7.04. The number of benzene rings is 1. The van der Waals surface area contributed by atoms with E-state index in [0.29, 0.717) is 19.4 Å². The molecule has 1 fully saturated rings. The number of carbonyl (C=O) groups is 1. The van der Waals surface area contributed by atoms with Crippen molar-refractivity contribution in [3.05, 3.63) is 48.7 Å². The number of amides is 1. The Morgan fingerprint density at radius 3 is 2.56 bits per heavy atom. The normalized spacial score (nSPS) is 14.8. The molecule has 0 atom stereocenters. The van der Waals surface area contributed by atoms with Crippen molar-refractivity contribution in [2.24, 2.45) is 0 Å². The maximum atomic E-state index is 12.1. The number of para-hydroxylation sites is 1. The van der Waals surface area contributed by atoms with Gasteiger partial charge >= 0.3 is 0 Å². The van der Waals surface area contributed by atoms with Crippen LogP contribution in [-0.4, -0.2) is 55.1 Å². The molecule has 0 bridgehead atoms. The van der Waals surface area contributed by atoms with Gasteiger partial charge in [0.25, 0.3) is 0 Å². The fraction of sp³-hybridized carbons (Fsp3) is 0.429. The standard InChI is InChI=1S/C21H28N4O2/c1-2-24-12-14-25(15-13-24)20-11-10-18(17-22-20)23-21(26)9-6-16-27-19-7-4-3-5-8-19/h3-5,7-8,10-11,17H,2,6,9,12-16H2,1H3,(H,23,26). The average Bonchev–Trinajstić information content (AvgIpc) is 2.73. The molecule has 1 amide bonds. The Bertz CT molecular complexity index is 698. The molecule has 1 aliphatic heterocycles. The predicted octanol–water partition coefficient (Wildman–Crippen LogP) is 3.02. The summed E-state index contributed by atoms with van der Waals surface area (Å²) in [6, 6.07) is 13.5. The zero-order chi connectivity index (χ0) is 18.9. The number of rotatable bonds is 8. The van der Waals surface area contributed by atoms with Gasteiger partial charge in [0.1, 0.15) is 11.6 Å². The average molecular weight is 368 g/mol. The molecule has 6 heteroatoms. The molecule has 1 N–H and O–H groups in total. The molecule has 0 saturated carbocycles. The van der Waals surface area contributed by atoms with Crippen LogP contribution in [0.4, 0.5) is 11.5 Å². The number of likely N-dealkylation sites (N-methyl/N-ethyl adjacent to an activating group) is 1. The lowest BCUT2D eigenvalue weighted by molar-refractivity contribution is -0.116. The van der Waals surface area contributed by atoms with Crippen LogP contribution in [0.2, 0.25) is 0 Å². The first kappa shape index (κ1) is 19.2. The van der Waals surface area contributed by atoms with Crippen LogP contribution < -0.4 is 15.0 Å². The quantitative estimate of drug-likeness (QED) is 0.726. The van der Waals surface area contributed by atoms with Gasteiger partial charge in [0.15, 0.2) is 0 Å². The fourth-order valence-corrected chi connectivity index (χ4v) is 3.10. The minimum atomic E-state index is -0.0160. The molecular weight excluding hydrogens is 340 g/mol. The first-order valence-corrected chi connectivity index (χ1v) is 9.65. The van der Waals surface area contributed by atoms with Gasteiger partial charge in [-0.3, -0.25) is 4.79 Å². The second-order valence-corrected chi connectivity index (χ2v) is 6.64. The number of nitrogens with one attached hydrogen (secondary N) is 1. The monoisotopic (exact) mass is 368 g/mol. The Hall–Kier alpha value is -2.60. The number of anilines is 2. The Morgan fingerprint density at radius 1 is 1.11 bits per heavy atom. The highest BCUT2D eigenvalue weighted by Crippen LogP contribution is 2.16. The minimum absolute atomic E-state index is 0.0160. The summed E-state index contributed by atoms with van der Waals surface area (Å²) in [7, 11) is 0. The van der Waals surface area contributed by atoms with Gasteiger partial charge in [-0.05, 0) is 37.2 Å². The van der Waals surface area contributed by atoms with Crippen LogP contribution in [0.1, 0.15) is 19.8 Å². The second kappa shape index (κ2) is 9.92. The molecule has 0 spiro atoms. The smallest absolute Gasteiger partial charge is 0.224 e. The van der Waals surface area contributed by atoms with E-state index >= 15 is 0 Å². The Balaban J connectivity index is 1.38. The van der Waals surface area contributed by atoms with E-state index in [1.807, 2.05) is 42.5 Å². The molecule has 3 rings (SSSR count). The fourth-order valence-electron chi connectivity index (χ4n) is 3.10. The molecule has 1 aromatic heterocycles. The van der Waals surface area contributed by atoms with Gasteiger partial charge in [-0.2, -0.15) is 0 Å². The van der Waals surface area contributed by atoms with Gasteiger partial charge in [-0.15, -0.1) is 0 Å². The molecule has 27 heavy (non-hydrogen) atoms. The number of pyridine rings is 1. The summed E-state index contributed by atoms with van der Waals surface area (Å²) in [5.41, 5.74) is 0.736. The molecule has 6 nitrogen and oxygen atoms in total. The van der Waals surface area contributed by atoms with Gasteiger partial charge < -0.3 is 19.9 Å². The SMILES string of the molecule is CCN1CCN(c2ccc(NC(=O)CCCOc3ccccc3)cn2)CC1. The van der Waals surface area contributed by atoms with Gasteiger partial charge in [-0.25, -0.2) is 4.98 Å². The molecule has 1 saturated heterocycles. The van der Waals surface area contributed by atoms with Crippen LogP contribution in [0.25, 0.3) is 0 Å². The molecule has 0 radical (unpaired) electrons. The number of nitrogens with zero attached hydrogens (tertiary/aromatic N) is 3. The van der Waals surface area contributed by atoms with Crippen LogP contribution >= 0.6 is 0 Å².